The highest BCUT2D eigenvalue weighted by atomic mass is 32.2. The second kappa shape index (κ2) is 6.11. The molecular weight excluding hydrogens is 278 g/mol. The van der Waals surface area contributed by atoms with E-state index >= 15 is 0 Å². The molecule has 1 N–H and O–H groups in total. The van der Waals surface area contributed by atoms with Crippen molar-refractivity contribution in [2.75, 3.05) is 20.3 Å². The lowest BCUT2D eigenvalue weighted by molar-refractivity contribution is 0.114. The van der Waals surface area contributed by atoms with Crippen LogP contribution in [0.25, 0.3) is 0 Å². The zero-order valence-electron chi connectivity index (χ0n) is 12.1. The molecule has 0 aromatic heterocycles. The first-order valence-electron chi connectivity index (χ1n) is 6.70. The van der Waals surface area contributed by atoms with Crippen molar-refractivity contribution in [1.82, 2.24) is 4.72 Å². The number of nitrogens with one attached hydrogen (secondary N) is 1. The predicted octanol–water partition coefficient (Wildman–Crippen LogP) is 1.77. The molecule has 1 saturated heterocycles. The molecule has 0 saturated carbocycles. The van der Waals surface area contributed by atoms with Gasteiger partial charge in [-0.1, -0.05) is 0 Å². The van der Waals surface area contributed by atoms with Gasteiger partial charge in [-0.15, -0.1) is 0 Å². The standard InChI is InChI=1S/C14H21NO4S/c1-10-7-13(18-3)14(8-11(10)2)20(16,17)15-9-12-5-4-6-19-12/h7-8,12,15H,4-6,9H2,1-3H3/t12-/m0/s1. The summed E-state index contributed by atoms with van der Waals surface area (Å²) in [6.07, 6.45) is 1.86. The average molecular weight is 299 g/mol. The second-order valence-electron chi connectivity index (χ2n) is 5.07. The molecule has 0 aliphatic carbocycles. The van der Waals surface area contributed by atoms with Gasteiger partial charge in [-0.25, -0.2) is 13.1 Å². The Balaban J connectivity index is 2.21. The average Bonchev–Trinajstić information content (AvgIpc) is 2.92. The van der Waals surface area contributed by atoms with Gasteiger partial charge >= 0.3 is 0 Å². The fourth-order valence-electron chi connectivity index (χ4n) is 2.22. The minimum atomic E-state index is -3.58. The van der Waals surface area contributed by atoms with E-state index in [2.05, 4.69) is 4.72 Å². The van der Waals surface area contributed by atoms with Crippen molar-refractivity contribution in [3.8, 4) is 5.75 Å². The molecule has 1 aliphatic heterocycles. The molecule has 0 bridgehead atoms. The highest BCUT2D eigenvalue weighted by Gasteiger charge is 2.23. The maximum absolute atomic E-state index is 12.4. The van der Waals surface area contributed by atoms with Crippen LogP contribution in [0.1, 0.15) is 24.0 Å². The van der Waals surface area contributed by atoms with Gasteiger partial charge in [-0.3, -0.25) is 0 Å². The maximum atomic E-state index is 12.4. The van der Waals surface area contributed by atoms with E-state index in [1.807, 2.05) is 13.8 Å². The summed E-state index contributed by atoms with van der Waals surface area (Å²) in [4.78, 5) is 0.182. The first kappa shape index (κ1) is 15.3. The van der Waals surface area contributed by atoms with Crippen LogP contribution in [-0.2, 0) is 14.8 Å². The summed E-state index contributed by atoms with van der Waals surface area (Å²) in [6, 6.07) is 3.39. The molecule has 112 valence electrons. The van der Waals surface area contributed by atoms with E-state index in [-0.39, 0.29) is 11.0 Å². The Morgan fingerprint density at radius 2 is 2.05 bits per heavy atom. The lowest BCUT2D eigenvalue weighted by Gasteiger charge is -2.15. The van der Waals surface area contributed by atoms with Crippen molar-refractivity contribution in [2.24, 2.45) is 0 Å². The number of hydrogen-bond donors (Lipinski definition) is 1. The monoisotopic (exact) mass is 299 g/mol. The van der Waals surface area contributed by atoms with Gasteiger partial charge in [0.25, 0.3) is 0 Å². The summed E-state index contributed by atoms with van der Waals surface area (Å²) in [5, 5.41) is 0. The van der Waals surface area contributed by atoms with E-state index in [4.69, 9.17) is 9.47 Å². The Hall–Kier alpha value is -1.11. The zero-order valence-corrected chi connectivity index (χ0v) is 12.9. The third-order valence-corrected chi connectivity index (χ3v) is 5.04. The third kappa shape index (κ3) is 3.31. The minimum Gasteiger partial charge on any atom is -0.495 e. The van der Waals surface area contributed by atoms with Crippen LogP contribution in [0.4, 0.5) is 0 Å². The van der Waals surface area contributed by atoms with Crippen molar-refractivity contribution < 1.29 is 17.9 Å². The summed E-state index contributed by atoms with van der Waals surface area (Å²) >= 11 is 0. The van der Waals surface area contributed by atoms with Gasteiger partial charge in [0.2, 0.25) is 10.0 Å². The van der Waals surface area contributed by atoms with Crippen LogP contribution < -0.4 is 9.46 Å². The molecule has 1 aromatic rings. The van der Waals surface area contributed by atoms with Gasteiger partial charge in [0.15, 0.2) is 0 Å². The molecule has 1 aliphatic rings. The molecule has 6 heteroatoms. The Bertz CT molecular complexity index is 577. The van der Waals surface area contributed by atoms with Gasteiger partial charge in [0, 0.05) is 13.2 Å². The molecule has 20 heavy (non-hydrogen) atoms. The van der Waals surface area contributed by atoms with Gasteiger partial charge in [0.05, 0.1) is 13.2 Å². The van der Waals surface area contributed by atoms with Crippen molar-refractivity contribution in [3.05, 3.63) is 23.3 Å². The lowest BCUT2D eigenvalue weighted by Crippen LogP contribution is -2.32. The summed E-state index contributed by atoms with van der Waals surface area (Å²) in [5.74, 6) is 0.368. The van der Waals surface area contributed by atoms with Crippen molar-refractivity contribution in [1.29, 1.82) is 0 Å². The van der Waals surface area contributed by atoms with E-state index in [0.29, 0.717) is 18.9 Å². The van der Waals surface area contributed by atoms with Gasteiger partial charge < -0.3 is 9.47 Å². The third-order valence-electron chi connectivity index (χ3n) is 3.59. The molecule has 5 nitrogen and oxygen atoms in total. The van der Waals surface area contributed by atoms with Crippen molar-refractivity contribution in [3.63, 3.8) is 0 Å². The quantitative estimate of drug-likeness (QED) is 0.900. The summed E-state index contributed by atoms with van der Waals surface area (Å²) in [6.45, 7) is 4.82. The van der Waals surface area contributed by atoms with Gasteiger partial charge in [0.1, 0.15) is 10.6 Å². The molecular formula is C14H21NO4S. The number of benzene rings is 1. The summed E-state index contributed by atoms with van der Waals surface area (Å²) < 4.78 is 38.0. The van der Waals surface area contributed by atoms with Crippen LogP contribution in [0.3, 0.4) is 0 Å². The first-order chi connectivity index (χ1) is 9.44. The minimum absolute atomic E-state index is 0.0256. The number of aryl methyl sites for hydroxylation is 2. The second-order valence-corrected chi connectivity index (χ2v) is 6.81. The van der Waals surface area contributed by atoms with E-state index in [1.165, 1.54) is 7.11 Å². The fraction of sp³-hybridized carbons (Fsp3) is 0.571. The highest BCUT2D eigenvalue weighted by molar-refractivity contribution is 7.89. The largest absolute Gasteiger partial charge is 0.495 e. The highest BCUT2D eigenvalue weighted by Crippen LogP contribution is 2.27. The number of ether oxygens (including phenoxy) is 2. The van der Waals surface area contributed by atoms with Crippen LogP contribution in [0.15, 0.2) is 17.0 Å². The molecule has 1 atom stereocenters. The molecule has 0 amide bonds. The molecule has 1 fully saturated rings. The van der Waals surface area contributed by atoms with Gasteiger partial charge in [-0.2, -0.15) is 0 Å². The smallest absolute Gasteiger partial charge is 0.244 e. The topological polar surface area (TPSA) is 64.6 Å². The van der Waals surface area contributed by atoms with E-state index in [9.17, 15) is 8.42 Å². The van der Waals surface area contributed by atoms with Crippen molar-refractivity contribution in [2.45, 2.75) is 37.7 Å². The fourth-order valence-corrected chi connectivity index (χ4v) is 3.52. The van der Waals surface area contributed by atoms with Crippen LogP contribution in [0.2, 0.25) is 0 Å². The van der Waals surface area contributed by atoms with E-state index in [1.54, 1.807) is 12.1 Å². The molecule has 1 aromatic carbocycles. The van der Waals surface area contributed by atoms with Crippen LogP contribution in [-0.4, -0.2) is 34.8 Å². The molecule has 1 heterocycles. The molecule has 2 rings (SSSR count). The van der Waals surface area contributed by atoms with E-state index in [0.717, 1.165) is 24.0 Å². The number of methoxy groups -OCH3 is 1. The number of sulfonamides is 1. The maximum Gasteiger partial charge on any atom is 0.244 e. The van der Waals surface area contributed by atoms with Gasteiger partial charge in [-0.05, 0) is 49.9 Å². The Kier molecular flexibility index (Phi) is 4.67. The Labute approximate surface area is 120 Å². The molecule has 0 radical (unpaired) electrons. The van der Waals surface area contributed by atoms with Crippen LogP contribution >= 0.6 is 0 Å². The first-order valence-corrected chi connectivity index (χ1v) is 8.19. The summed E-state index contributed by atoms with van der Waals surface area (Å²) in [5.41, 5.74) is 1.92. The molecule has 0 unspecified atom stereocenters. The SMILES string of the molecule is COc1cc(C)c(C)cc1S(=O)(=O)NC[C@@H]1CCCO1. The number of rotatable bonds is 5. The lowest BCUT2D eigenvalue weighted by atomic mass is 10.1. The predicted molar refractivity (Wildman–Crippen MR) is 76.6 cm³/mol. The van der Waals surface area contributed by atoms with Crippen LogP contribution in [0.5, 0.6) is 5.75 Å². The Morgan fingerprint density at radius 1 is 1.35 bits per heavy atom. The number of hydrogen-bond acceptors (Lipinski definition) is 4. The normalized spacial score (nSPS) is 19.2. The van der Waals surface area contributed by atoms with Crippen molar-refractivity contribution >= 4 is 10.0 Å². The van der Waals surface area contributed by atoms with Crippen LogP contribution in [0, 0.1) is 13.8 Å². The summed E-state index contributed by atoms with van der Waals surface area (Å²) in [7, 11) is -2.11. The Morgan fingerprint density at radius 3 is 2.65 bits per heavy atom. The van der Waals surface area contributed by atoms with E-state index < -0.39 is 10.0 Å². The zero-order chi connectivity index (χ0) is 14.8. The molecule has 0 spiro atoms.